The van der Waals surface area contributed by atoms with Crippen molar-refractivity contribution in [1.82, 2.24) is 4.90 Å². The number of ether oxygens (including phenoxy) is 1. The fraction of sp³-hybridized carbons (Fsp3) is 0.333. The van der Waals surface area contributed by atoms with Crippen molar-refractivity contribution in [1.29, 1.82) is 0 Å². The van der Waals surface area contributed by atoms with Crippen molar-refractivity contribution in [2.45, 2.75) is 19.4 Å². The van der Waals surface area contributed by atoms with Gasteiger partial charge in [-0.15, -0.1) is 0 Å². The zero-order chi connectivity index (χ0) is 23.4. The Morgan fingerprint density at radius 1 is 1.07 bits per heavy atom. The second kappa shape index (κ2) is 20.6. The number of amides is 1. The number of methoxy groups -OCH3 is 1. The molecule has 0 fully saturated rings. The molecule has 1 aliphatic rings. The first-order chi connectivity index (χ1) is 14.1. The van der Waals surface area contributed by atoms with E-state index < -0.39 is 0 Å². The van der Waals surface area contributed by atoms with Crippen LogP contribution < -0.4 is 0 Å². The van der Waals surface area contributed by atoms with Crippen molar-refractivity contribution in [3.05, 3.63) is 74.6 Å². The molecule has 152 valence electrons. The predicted octanol–water partition coefficient (Wildman–Crippen LogP) is 2.51. The first-order valence-electron chi connectivity index (χ1n) is 7.94. The monoisotopic (exact) mass is 567 g/mol. The van der Waals surface area contributed by atoms with Crippen molar-refractivity contribution >= 4 is 9.93 Å². The topological polar surface area (TPSA) is 109 Å². The van der Waals surface area contributed by atoms with E-state index in [0.29, 0.717) is 5.92 Å². The van der Waals surface area contributed by atoms with Gasteiger partial charge in [-0.2, -0.15) is 0 Å². The zero-order valence-corrected chi connectivity index (χ0v) is 19.2. The number of carbonyl (C=O) groups excluding carboxylic acids is 1. The summed E-state index contributed by atoms with van der Waals surface area (Å²) in [6, 6.07) is 9.44. The third-order valence-corrected chi connectivity index (χ3v) is 5.98. The van der Waals surface area contributed by atoms with Gasteiger partial charge in [0.1, 0.15) is 0 Å². The molecule has 1 aromatic carbocycles. The molecule has 1 aliphatic carbocycles. The van der Waals surface area contributed by atoms with E-state index in [1.807, 2.05) is 37.4 Å². The van der Waals surface area contributed by atoms with Crippen LogP contribution >= 0.6 is 0 Å². The first-order valence-corrected chi connectivity index (χ1v) is 9.41. The van der Waals surface area contributed by atoms with E-state index in [1.54, 1.807) is 12.0 Å². The van der Waals surface area contributed by atoms with Crippen LogP contribution in [0.4, 0.5) is 0 Å². The van der Waals surface area contributed by atoms with Gasteiger partial charge in [0.05, 0.1) is 0 Å². The number of rotatable bonds is 4. The molecule has 0 unspecified atom stereocenters. The molecule has 0 aliphatic heterocycles. The summed E-state index contributed by atoms with van der Waals surface area (Å²) in [5, 5.41) is 0. The molecule has 0 aromatic heterocycles. The number of hydrogen-bond donors (Lipinski definition) is 0. The fourth-order valence-electron chi connectivity index (χ4n) is 2.72. The van der Waals surface area contributed by atoms with Crippen LogP contribution in [0.1, 0.15) is 23.7 Å². The van der Waals surface area contributed by atoms with Gasteiger partial charge in [-0.05, 0) is 0 Å². The fourth-order valence-corrected chi connectivity index (χ4v) is 4.34. The Balaban J connectivity index is -0.000000754. The third-order valence-electron chi connectivity index (χ3n) is 4.01. The number of allylic oxidation sites excluding steroid dienone is 1. The Hall–Kier alpha value is -2.09. The SMILES string of the molecule is CO[C@H]1C=CC[C@@H](C)[C@@H]1[C](=[W])N(C)C(=O)c1ccccc1.[C-]#[O+].[C-]#[O+].[C-]#[O+].[C-]#[O+]. The molecule has 0 saturated heterocycles. The summed E-state index contributed by atoms with van der Waals surface area (Å²) in [6.07, 6.45) is 5.40. The normalized spacial score (nSPS) is 18.1. The average molecular weight is 567 g/mol. The Labute approximate surface area is 182 Å². The van der Waals surface area contributed by atoms with Gasteiger partial charge in [-0.1, -0.05) is 0 Å². The van der Waals surface area contributed by atoms with Crippen LogP contribution in [0.25, 0.3) is 0 Å². The van der Waals surface area contributed by atoms with E-state index in [1.165, 1.54) is 19.4 Å². The summed E-state index contributed by atoms with van der Waals surface area (Å²) in [4.78, 5) is 14.4. The molecule has 0 saturated carbocycles. The van der Waals surface area contributed by atoms with Gasteiger partial charge in [0.25, 0.3) is 0 Å². The van der Waals surface area contributed by atoms with Crippen LogP contribution in [0, 0.1) is 38.4 Å². The number of benzene rings is 1. The number of nitrogens with zero attached hydrogens (tertiary/aromatic N) is 1. The summed E-state index contributed by atoms with van der Waals surface area (Å²) in [6.45, 7) is 20.2. The minimum atomic E-state index is 0.0530. The van der Waals surface area contributed by atoms with Crippen molar-refractivity contribution in [2.24, 2.45) is 11.8 Å². The van der Waals surface area contributed by atoms with Gasteiger partial charge < -0.3 is 0 Å². The average Bonchev–Trinajstić information content (AvgIpc) is 2.83. The van der Waals surface area contributed by atoms with Gasteiger partial charge in [-0.3, -0.25) is 0 Å². The maximum absolute atomic E-state index is 12.6. The van der Waals surface area contributed by atoms with E-state index in [2.05, 4.69) is 45.7 Å². The van der Waals surface area contributed by atoms with E-state index in [9.17, 15) is 4.79 Å². The molecule has 0 spiro atoms. The second-order valence-electron chi connectivity index (χ2n) is 5.44. The molecule has 3 atom stereocenters. The third kappa shape index (κ3) is 10.3. The quantitative estimate of drug-likeness (QED) is 0.317. The van der Waals surface area contributed by atoms with Crippen LogP contribution in [0.5, 0.6) is 0 Å². The molecule has 0 bridgehead atoms. The summed E-state index contributed by atoms with van der Waals surface area (Å²) in [5.41, 5.74) is 0.728. The van der Waals surface area contributed by atoms with E-state index in [4.69, 9.17) is 23.3 Å². The van der Waals surface area contributed by atoms with Crippen LogP contribution in [-0.4, -0.2) is 35.1 Å². The van der Waals surface area contributed by atoms with Crippen LogP contribution in [0.15, 0.2) is 42.5 Å². The molecule has 8 heteroatoms. The van der Waals surface area contributed by atoms with Gasteiger partial charge in [-0.25, -0.2) is 0 Å². The summed E-state index contributed by atoms with van der Waals surface area (Å²) < 4.78 is 36.7. The molecule has 1 amide bonds. The summed E-state index contributed by atoms with van der Waals surface area (Å²) in [5.74, 6) is 0.809. The van der Waals surface area contributed by atoms with Gasteiger partial charge >= 0.3 is 182 Å². The Morgan fingerprint density at radius 2 is 1.55 bits per heavy atom. The molecular formula is C21H21NO6W. The van der Waals surface area contributed by atoms with Gasteiger partial charge in [0.15, 0.2) is 0 Å². The second-order valence-corrected chi connectivity index (χ2v) is 6.94. The molecule has 0 N–H and O–H groups in total. The minimum absolute atomic E-state index is 0.0530. The zero-order valence-electron chi connectivity index (χ0n) is 16.3. The van der Waals surface area contributed by atoms with Gasteiger partial charge in [0.2, 0.25) is 0 Å². The van der Waals surface area contributed by atoms with E-state index in [-0.39, 0.29) is 17.9 Å². The van der Waals surface area contributed by atoms with Crippen LogP contribution in [-0.2, 0) is 42.7 Å². The Morgan fingerprint density at radius 3 is 2.00 bits per heavy atom. The first kappa shape index (κ1) is 31.6. The predicted molar refractivity (Wildman–Crippen MR) is 96.5 cm³/mol. The Kier molecular flexibility index (Phi) is 22.5. The molecule has 1 aromatic rings. The van der Waals surface area contributed by atoms with E-state index in [0.717, 1.165) is 16.0 Å². The van der Waals surface area contributed by atoms with Crippen molar-refractivity contribution in [2.75, 3.05) is 14.2 Å². The van der Waals surface area contributed by atoms with Crippen molar-refractivity contribution in [3.63, 3.8) is 0 Å². The maximum atomic E-state index is 12.6. The standard InChI is InChI=1S/C17H21NO2.4CO.W/c1-13-8-7-11-16(20-3)15(13)12-18(2)17(19)14-9-5-4-6-10-14;4*1-2;/h4-7,9-11,13,15-16H,8H2,1-3H3;;;;;/t13-,15+,16+;;;;;/m1...../s1. The van der Waals surface area contributed by atoms with Crippen molar-refractivity contribution < 1.29 is 47.5 Å². The van der Waals surface area contributed by atoms with Crippen molar-refractivity contribution in [3.8, 4) is 0 Å². The molecular weight excluding hydrogens is 546 g/mol. The Bertz CT molecular complexity index is 684. The molecule has 0 radical (unpaired) electrons. The summed E-state index contributed by atoms with van der Waals surface area (Å²) >= 11 is 1.32. The molecule has 29 heavy (non-hydrogen) atoms. The van der Waals surface area contributed by atoms with Crippen LogP contribution in [0.2, 0.25) is 0 Å². The molecule has 0 heterocycles. The van der Waals surface area contributed by atoms with Crippen LogP contribution in [0.3, 0.4) is 0 Å². The van der Waals surface area contributed by atoms with E-state index >= 15 is 0 Å². The summed E-state index contributed by atoms with van der Waals surface area (Å²) in [7, 11) is 3.61. The van der Waals surface area contributed by atoms with Gasteiger partial charge in [0, 0.05) is 0 Å². The molecule has 7 nitrogen and oxygen atoms in total. The molecule has 2 rings (SSSR count). The number of carbonyl (C=O) groups is 1. The number of hydrogen-bond acceptors (Lipinski definition) is 2.